The Hall–Kier alpha value is -0.730. The molecule has 3 heteroatoms. The molecule has 0 radical (unpaired) electrons. The fourth-order valence-electron chi connectivity index (χ4n) is 1.33. The molecule has 0 amide bonds. The van der Waals surface area contributed by atoms with Crippen LogP contribution >= 0.6 is 0 Å². The fraction of sp³-hybridized carbons (Fsp3) is 0.889. The van der Waals surface area contributed by atoms with Gasteiger partial charge in [-0.1, -0.05) is 20.3 Å². The zero-order chi connectivity index (χ0) is 9.40. The van der Waals surface area contributed by atoms with Crippen LogP contribution in [0.1, 0.15) is 46.0 Å². The van der Waals surface area contributed by atoms with Crippen molar-refractivity contribution in [1.82, 2.24) is 0 Å². The van der Waals surface area contributed by atoms with Crippen LogP contribution in [-0.2, 0) is 4.74 Å². The first-order chi connectivity index (χ1) is 5.79. The van der Waals surface area contributed by atoms with Gasteiger partial charge in [-0.15, -0.1) is 0 Å². The van der Waals surface area contributed by atoms with E-state index >= 15 is 0 Å². The lowest BCUT2D eigenvalue weighted by Gasteiger charge is -2.19. The SMILES string of the molecule is CC.O=C(O)OC1CCCCC1. The minimum Gasteiger partial charge on any atom is -0.450 e. The summed E-state index contributed by atoms with van der Waals surface area (Å²) in [6.07, 6.45) is 4.10. The molecule has 1 rings (SSSR count). The molecule has 0 saturated heterocycles. The van der Waals surface area contributed by atoms with E-state index in [4.69, 9.17) is 5.11 Å². The van der Waals surface area contributed by atoms with Crippen molar-refractivity contribution in [2.24, 2.45) is 0 Å². The summed E-state index contributed by atoms with van der Waals surface area (Å²) >= 11 is 0. The van der Waals surface area contributed by atoms with Crippen molar-refractivity contribution in [2.45, 2.75) is 52.1 Å². The van der Waals surface area contributed by atoms with Gasteiger partial charge in [-0.05, 0) is 25.7 Å². The normalized spacial score (nSPS) is 17.5. The molecule has 0 aromatic rings. The van der Waals surface area contributed by atoms with Crippen LogP contribution in [0.2, 0.25) is 0 Å². The molecule has 1 aliphatic carbocycles. The maximum atomic E-state index is 10.0. The maximum absolute atomic E-state index is 10.0. The van der Waals surface area contributed by atoms with Crippen LogP contribution < -0.4 is 0 Å². The number of hydrogen-bond acceptors (Lipinski definition) is 2. The zero-order valence-corrected chi connectivity index (χ0v) is 7.88. The van der Waals surface area contributed by atoms with E-state index in [2.05, 4.69) is 4.74 Å². The average molecular weight is 174 g/mol. The van der Waals surface area contributed by atoms with Crippen LogP contribution in [0.15, 0.2) is 0 Å². The molecular formula is C9H18O3. The van der Waals surface area contributed by atoms with Gasteiger partial charge in [0.05, 0.1) is 0 Å². The summed E-state index contributed by atoms with van der Waals surface area (Å²) in [5.41, 5.74) is 0. The molecule has 0 aromatic carbocycles. The van der Waals surface area contributed by atoms with E-state index in [-0.39, 0.29) is 6.10 Å². The molecule has 1 N–H and O–H groups in total. The Bertz CT molecular complexity index is 117. The van der Waals surface area contributed by atoms with Gasteiger partial charge < -0.3 is 9.84 Å². The van der Waals surface area contributed by atoms with Gasteiger partial charge in [0.1, 0.15) is 6.10 Å². The smallest absolute Gasteiger partial charge is 0.450 e. The van der Waals surface area contributed by atoms with Gasteiger partial charge in [0.25, 0.3) is 0 Å². The number of hydrogen-bond donors (Lipinski definition) is 1. The van der Waals surface area contributed by atoms with Crippen molar-refractivity contribution in [3.8, 4) is 0 Å². The summed E-state index contributed by atoms with van der Waals surface area (Å²) in [6, 6.07) is 0. The van der Waals surface area contributed by atoms with Gasteiger partial charge in [0.15, 0.2) is 0 Å². The van der Waals surface area contributed by atoms with E-state index in [0.29, 0.717) is 0 Å². The number of rotatable bonds is 1. The quantitative estimate of drug-likeness (QED) is 0.621. The fourth-order valence-corrected chi connectivity index (χ4v) is 1.33. The predicted molar refractivity (Wildman–Crippen MR) is 47.3 cm³/mol. The lowest BCUT2D eigenvalue weighted by Crippen LogP contribution is -2.19. The zero-order valence-electron chi connectivity index (χ0n) is 7.88. The molecule has 1 aliphatic rings. The van der Waals surface area contributed by atoms with Gasteiger partial charge >= 0.3 is 6.16 Å². The van der Waals surface area contributed by atoms with Crippen molar-refractivity contribution in [1.29, 1.82) is 0 Å². The number of carboxylic acid groups (broad SMARTS) is 1. The first-order valence-electron chi connectivity index (χ1n) is 4.68. The molecule has 0 heterocycles. The summed E-state index contributed by atoms with van der Waals surface area (Å²) in [4.78, 5) is 10.0. The molecule has 0 aliphatic heterocycles. The second kappa shape index (κ2) is 6.95. The van der Waals surface area contributed by atoms with Crippen LogP contribution in [0.4, 0.5) is 4.79 Å². The molecule has 12 heavy (non-hydrogen) atoms. The third kappa shape index (κ3) is 4.99. The molecule has 1 saturated carbocycles. The highest BCUT2D eigenvalue weighted by Gasteiger charge is 2.16. The van der Waals surface area contributed by atoms with Crippen molar-refractivity contribution in [3.05, 3.63) is 0 Å². The van der Waals surface area contributed by atoms with E-state index in [1.807, 2.05) is 13.8 Å². The lowest BCUT2D eigenvalue weighted by atomic mass is 9.98. The van der Waals surface area contributed by atoms with Crippen LogP contribution in [0.5, 0.6) is 0 Å². The lowest BCUT2D eigenvalue weighted by molar-refractivity contribution is 0.0358. The second-order valence-corrected chi connectivity index (χ2v) is 2.64. The van der Waals surface area contributed by atoms with E-state index < -0.39 is 6.16 Å². The topological polar surface area (TPSA) is 46.5 Å². The summed E-state index contributed by atoms with van der Waals surface area (Å²) in [5.74, 6) is 0. The summed E-state index contributed by atoms with van der Waals surface area (Å²) in [7, 11) is 0. The molecule has 0 atom stereocenters. The van der Waals surface area contributed by atoms with E-state index in [1.165, 1.54) is 6.42 Å². The van der Waals surface area contributed by atoms with Gasteiger partial charge in [0.2, 0.25) is 0 Å². The van der Waals surface area contributed by atoms with Crippen molar-refractivity contribution in [2.75, 3.05) is 0 Å². The Morgan fingerprint density at radius 3 is 2.17 bits per heavy atom. The Kier molecular flexibility index (Phi) is 6.53. The largest absolute Gasteiger partial charge is 0.506 e. The highest BCUT2D eigenvalue weighted by Crippen LogP contribution is 2.19. The predicted octanol–water partition coefficient (Wildman–Crippen LogP) is 3.04. The van der Waals surface area contributed by atoms with Gasteiger partial charge in [-0.3, -0.25) is 0 Å². The third-order valence-electron chi connectivity index (χ3n) is 1.82. The summed E-state index contributed by atoms with van der Waals surface area (Å²) < 4.78 is 4.61. The maximum Gasteiger partial charge on any atom is 0.506 e. The second-order valence-electron chi connectivity index (χ2n) is 2.64. The molecule has 3 nitrogen and oxygen atoms in total. The number of carbonyl (C=O) groups is 1. The van der Waals surface area contributed by atoms with Crippen molar-refractivity contribution < 1.29 is 14.6 Å². The standard InChI is InChI=1S/C7H12O3.C2H6/c8-7(9)10-6-4-2-1-3-5-6;1-2/h6H,1-5H2,(H,8,9);1-2H3. The molecule has 0 bridgehead atoms. The van der Waals surface area contributed by atoms with Crippen molar-refractivity contribution in [3.63, 3.8) is 0 Å². The molecule has 0 spiro atoms. The van der Waals surface area contributed by atoms with Crippen LogP contribution in [0.3, 0.4) is 0 Å². The van der Waals surface area contributed by atoms with Gasteiger partial charge in [0, 0.05) is 0 Å². The molecular weight excluding hydrogens is 156 g/mol. The Balaban J connectivity index is 0.000000561. The van der Waals surface area contributed by atoms with Gasteiger partial charge in [-0.2, -0.15) is 0 Å². The Labute approximate surface area is 73.7 Å². The molecule has 72 valence electrons. The Morgan fingerprint density at radius 2 is 1.75 bits per heavy atom. The van der Waals surface area contributed by atoms with Crippen molar-refractivity contribution >= 4 is 6.16 Å². The minimum atomic E-state index is -1.13. The first-order valence-corrected chi connectivity index (χ1v) is 4.68. The van der Waals surface area contributed by atoms with E-state index in [1.54, 1.807) is 0 Å². The molecule has 0 aromatic heterocycles. The van der Waals surface area contributed by atoms with E-state index in [9.17, 15) is 4.79 Å². The van der Waals surface area contributed by atoms with Crippen LogP contribution in [-0.4, -0.2) is 17.4 Å². The van der Waals surface area contributed by atoms with Crippen LogP contribution in [0, 0.1) is 0 Å². The highest BCUT2D eigenvalue weighted by molar-refractivity contribution is 5.57. The monoisotopic (exact) mass is 174 g/mol. The first kappa shape index (κ1) is 11.3. The Morgan fingerprint density at radius 1 is 1.25 bits per heavy atom. The minimum absolute atomic E-state index is 0.0220. The molecule has 1 fully saturated rings. The van der Waals surface area contributed by atoms with Gasteiger partial charge in [-0.25, -0.2) is 4.79 Å². The summed E-state index contributed by atoms with van der Waals surface area (Å²) in [5, 5.41) is 8.24. The van der Waals surface area contributed by atoms with Crippen LogP contribution in [0.25, 0.3) is 0 Å². The van der Waals surface area contributed by atoms with E-state index in [0.717, 1.165) is 25.7 Å². The third-order valence-corrected chi connectivity index (χ3v) is 1.82. The average Bonchev–Trinajstić information content (AvgIpc) is 2.08. The number of ether oxygens (including phenoxy) is 1. The molecule has 0 unspecified atom stereocenters. The summed E-state index contributed by atoms with van der Waals surface area (Å²) in [6.45, 7) is 4.00. The highest BCUT2D eigenvalue weighted by atomic mass is 16.7.